The van der Waals surface area contributed by atoms with Gasteiger partial charge in [-0.2, -0.15) is 5.10 Å². The normalized spacial score (nSPS) is 11.7. The molecule has 0 atom stereocenters. The third-order valence-electron chi connectivity index (χ3n) is 6.62. The summed E-state index contributed by atoms with van der Waals surface area (Å²) >= 11 is 0. The van der Waals surface area contributed by atoms with Gasteiger partial charge in [0.2, 0.25) is 5.91 Å². The Morgan fingerprint density at radius 3 is 2.71 bits per heavy atom. The molecule has 10 heteroatoms. The van der Waals surface area contributed by atoms with Gasteiger partial charge in [0, 0.05) is 35.8 Å². The molecule has 0 spiro atoms. The van der Waals surface area contributed by atoms with Crippen LogP contribution in [0.5, 0.6) is 5.75 Å². The van der Waals surface area contributed by atoms with E-state index in [1.165, 1.54) is 19.2 Å². The van der Waals surface area contributed by atoms with Crippen LogP contribution in [0.1, 0.15) is 27.2 Å². The molecule has 3 N–H and O–H groups in total. The summed E-state index contributed by atoms with van der Waals surface area (Å²) < 4.78 is 19.5. The third kappa shape index (κ3) is 5.36. The molecule has 5 heterocycles. The molecule has 6 aromatic rings. The quantitative estimate of drug-likeness (QED) is 0.211. The van der Waals surface area contributed by atoms with E-state index < -0.39 is 0 Å². The summed E-state index contributed by atoms with van der Waals surface area (Å²) in [6, 6.07) is 14.0. The molecule has 5 aromatic heterocycles. The fraction of sp³-hybridized carbons (Fsp3) is 0.194. The molecule has 0 fully saturated rings. The third-order valence-corrected chi connectivity index (χ3v) is 6.62. The number of amides is 1. The highest BCUT2D eigenvalue weighted by atomic mass is 19.1. The van der Waals surface area contributed by atoms with Crippen molar-refractivity contribution in [1.29, 1.82) is 0 Å². The molecule has 0 saturated carbocycles. The molecule has 206 valence electrons. The van der Waals surface area contributed by atoms with Gasteiger partial charge in [0.1, 0.15) is 28.4 Å². The first kappa shape index (κ1) is 26.1. The van der Waals surface area contributed by atoms with Gasteiger partial charge < -0.3 is 15.0 Å². The number of ether oxygens (including phenoxy) is 1. The lowest BCUT2D eigenvalue weighted by Gasteiger charge is -2.17. The number of nitrogens with one attached hydrogen (secondary N) is 3. The van der Waals surface area contributed by atoms with E-state index in [9.17, 15) is 9.18 Å². The monoisotopic (exact) mass is 549 g/mol. The van der Waals surface area contributed by atoms with Crippen LogP contribution in [0, 0.1) is 11.2 Å². The van der Waals surface area contributed by atoms with Crippen molar-refractivity contribution in [2.45, 2.75) is 27.2 Å². The van der Waals surface area contributed by atoms with Crippen molar-refractivity contribution >= 4 is 33.7 Å². The molecule has 0 saturated heterocycles. The maximum Gasteiger partial charge on any atom is 0.224 e. The van der Waals surface area contributed by atoms with E-state index in [0.717, 1.165) is 22.0 Å². The van der Waals surface area contributed by atoms with Crippen LogP contribution in [0.2, 0.25) is 0 Å². The Balaban J connectivity index is 1.37. The number of methoxy groups -OCH3 is 1. The first-order valence-electron chi connectivity index (χ1n) is 13.1. The molecule has 41 heavy (non-hydrogen) atoms. The second-order valence-corrected chi connectivity index (χ2v) is 11.1. The van der Waals surface area contributed by atoms with Gasteiger partial charge in [-0.1, -0.05) is 20.8 Å². The first-order chi connectivity index (χ1) is 19.7. The summed E-state index contributed by atoms with van der Waals surface area (Å²) in [4.78, 5) is 29.5. The Morgan fingerprint density at radius 1 is 1.05 bits per heavy atom. The summed E-state index contributed by atoms with van der Waals surface area (Å²) in [7, 11) is 1.51. The molecule has 0 radical (unpaired) electrons. The Morgan fingerprint density at radius 2 is 1.90 bits per heavy atom. The lowest BCUT2D eigenvalue weighted by atomic mass is 9.92. The number of H-pyrrole nitrogens is 2. The summed E-state index contributed by atoms with van der Waals surface area (Å²) in [5, 5.41) is 11.3. The molecule has 0 unspecified atom stereocenters. The molecule has 0 bridgehead atoms. The minimum atomic E-state index is -0.387. The minimum Gasteiger partial charge on any atom is -0.497 e. The summed E-state index contributed by atoms with van der Waals surface area (Å²) in [5.41, 5.74) is 6.78. The number of hydrogen-bond acceptors (Lipinski definition) is 6. The van der Waals surface area contributed by atoms with Gasteiger partial charge in [0.05, 0.1) is 35.9 Å². The number of aromatic amines is 2. The molecular weight excluding hydrogens is 521 g/mol. The number of carbonyl (C=O) groups excluding carboxylic acids is 1. The van der Waals surface area contributed by atoms with Crippen LogP contribution in [-0.2, 0) is 4.79 Å². The van der Waals surface area contributed by atoms with Crippen molar-refractivity contribution in [2.24, 2.45) is 5.41 Å². The van der Waals surface area contributed by atoms with Crippen LogP contribution in [-0.4, -0.2) is 43.2 Å². The second-order valence-electron chi connectivity index (χ2n) is 11.1. The van der Waals surface area contributed by atoms with E-state index in [1.54, 1.807) is 24.7 Å². The average molecular weight is 550 g/mol. The highest BCUT2D eigenvalue weighted by Crippen LogP contribution is 2.35. The van der Waals surface area contributed by atoms with Crippen LogP contribution in [0.25, 0.3) is 55.8 Å². The zero-order chi connectivity index (χ0) is 28.7. The van der Waals surface area contributed by atoms with Crippen molar-refractivity contribution in [3.8, 4) is 39.5 Å². The van der Waals surface area contributed by atoms with Crippen molar-refractivity contribution in [3.05, 3.63) is 72.9 Å². The largest absolute Gasteiger partial charge is 0.497 e. The number of hydrogen-bond donors (Lipinski definition) is 3. The zero-order valence-electron chi connectivity index (χ0n) is 23.0. The van der Waals surface area contributed by atoms with Gasteiger partial charge in [-0.3, -0.25) is 14.9 Å². The maximum atomic E-state index is 14.3. The van der Waals surface area contributed by atoms with Crippen LogP contribution >= 0.6 is 0 Å². The molecular formula is C31H28FN7O2. The number of benzene rings is 1. The summed E-state index contributed by atoms with van der Waals surface area (Å²) in [5.74, 6) is -0.0223. The molecule has 1 aromatic carbocycles. The molecule has 0 aliphatic heterocycles. The average Bonchev–Trinajstić information content (AvgIpc) is 3.55. The number of anilines is 1. The maximum absolute atomic E-state index is 14.3. The fourth-order valence-electron chi connectivity index (χ4n) is 4.83. The number of carbonyl (C=O) groups is 1. The van der Waals surface area contributed by atoms with Gasteiger partial charge >= 0.3 is 0 Å². The Hall–Kier alpha value is -5.12. The number of aromatic nitrogens is 6. The second kappa shape index (κ2) is 10.1. The Kier molecular flexibility index (Phi) is 6.45. The topological polar surface area (TPSA) is 121 Å². The van der Waals surface area contributed by atoms with E-state index >= 15 is 0 Å². The van der Waals surface area contributed by atoms with Crippen LogP contribution < -0.4 is 10.1 Å². The molecule has 9 nitrogen and oxygen atoms in total. The predicted octanol–water partition coefficient (Wildman–Crippen LogP) is 6.75. The molecule has 0 aliphatic carbocycles. The minimum absolute atomic E-state index is 0.0690. The van der Waals surface area contributed by atoms with Crippen molar-refractivity contribution in [2.75, 3.05) is 12.4 Å². The van der Waals surface area contributed by atoms with E-state index in [2.05, 4.69) is 30.5 Å². The molecule has 6 rings (SSSR count). The SMILES string of the molecule is COc1cc(F)cc(-c2ccnc3[nH]c(-c4n[nH]c5ccc(-c6cncc(NC(=O)CC(C)(C)C)c6)nc45)cc23)c1. The highest BCUT2D eigenvalue weighted by Gasteiger charge is 2.18. The summed E-state index contributed by atoms with van der Waals surface area (Å²) in [6.07, 6.45) is 5.40. The number of pyridine rings is 3. The Labute approximate surface area is 235 Å². The van der Waals surface area contributed by atoms with E-state index in [1.807, 2.05) is 51.1 Å². The Bertz CT molecular complexity index is 1920. The number of fused-ring (bicyclic) bond motifs is 2. The van der Waals surface area contributed by atoms with Crippen molar-refractivity contribution in [1.82, 2.24) is 30.1 Å². The fourth-order valence-corrected chi connectivity index (χ4v) is 4.83. The standard InChI is InChI=1S/C31H28FN7O2/c1-31(2,3)14-27(40)35-20-10-18(15-33-16-20)24-5-6-25-28(36-24)29(39-38-25)26-13-23-22(7-8-34-30(23)37-26)17-9-19(32)12-21(11-17)41-4/h5-13,15-16H,14H2,1-4H3,(H,34,37)(H,35,40)(H,38,39). The molecule has 1 amide bonds. The van der Waals surface area contributed by atoms with Crippen molar-refractivity contribution in [3.63, 3.8) is 0 Å². The van der Waals surface area contributed by atoms with Gasteiger partial charge in [0.25, 0.3) is 0 Å². The van der Waals surface area contributed by atoms with Gasteiger partial charge in [-0.15, -0.1) is 0 Å². The predicted molar refractivity (Wildman–Crippen MR) is 157 cm³/mol. The van der Waals surface area contributed by atoms with E-state index in [-0.39, 0.29) is 17.1 Å². The zero-order valence-corrected chi connectivity index (χ0v) is 23.0. The van der Waals surface area contributed by atoms with Gasteiger partial charge in [0.15, 0.2) is 0 Å². The van der Waals surface area contributed by atoms with Crippen LogP contribution in [0.3, 0.4) is 0 Å². The van der Waals surface area contributed by atoms with Crippen molar-refractivity contribution < 1.29 is 13.9 Å². The van der Waals surface area contributed by atoms with Crippen LogP contribution in [0.15, 0.2) is 67.1 Å². The lowest BCUT2D eigenvalue weighted by molar-refractivity contribution is -0.117. The molecule has 0 aliphatic rings. The first-order valence-corrected chi connectivity index (χ1v) is 13.1. The number of rotatable bonds is 6. The lowest BCUT2D eigenvalue weighted by Crippen LogP contribution is -2.19. The van der Waals surface area contributed by atoms with Gasteiger partial charge in [-0.25, -0.2) is 14.4 Å². The highest BCUT2D eigenvalue weighted by molar-refractivity contribution is 5.99. The van der Waals surface area contributed by atoms with Crippen LogP contribution in [0.4, 0.5) is 10.1 Å². The van der Waals surface area contributed by atoms with E-state index in [0.29, 0.717) is 51.7 Å². The number of halogens is 1. The smallest absolute Gasteiger partial charge is 0.224 e. The van der Waals surface area contributed by atoms with E-state index in [4.69, 9.17) is 9.72 Å². The summed E-state index contributed by atoms with van der Waals surface area (Å²) in [6.45, 7) is 6.06. The van der Waals surface area contributed by atoms with Gasteiger partial charge in [-0.05, 0) is 59.0 Å². The number of nitrogens with zero attached hydrogens (tertiary/aromatic N) is 4.